The lowest BCUT2D eigenvalue weighted by Gasteiger charge is -2.54. The van der Waals surface area contributed by atoms with Crippen molar-refractivity contribution in [2.24, 2.45) is 34.5 Å². The number of hydrogen-bond donors (Lipinski definition) is 0. The molecule has 4 aliphatic carbocycles. The van der Waals surface area contributed by atoms with Crippen LogP contribution in [0.1, 0.15) is 72.6 Å². The average molecular weight is 399 g/mol. The molecular weight excluding hydrogens is 352 g/mol. The van der Waals surface area contributed by atoms with Crippen molar-refractivity contribution >= 4 is 0 Å². The molecule has 0 aromatic carbocycles. The zero-order valence-electron chi connectivity index (χ0n) is 20.5. The van der Waals surface area contributed by atoms with Gasteiger partial charge in [-0.3, -0.25) is 0 Å². The third kappa shape index (κ3) is 3.19. The molecule has 0 spiro atoms. The molecule has 4 rings (SSSR count). The minimum Gasteiger partial charge on any atom is -0.306 e. The summed E-state index contributed by atoms with van der Waals surface area (Å²) in [6.45, 7) is 10.3. The van der Waals surface area contributed by atoms with Crippen molar-refractivity contribution in [2.45, 2.75) is 84.7 Å². The summed E-state index contributed by atoms with van der Waals surface area (Å²) >= 11 is 0. The van der Waals surface area contributed by atoms with Crippen molar-refractivity contribution in [1.29, 1.82) is 0 Å². The van der Waals surface area contributed by atoms with Gasteiger partial charge in [-0.15, -0.1) is 0 Å². The van der Waals surface area contributed by atoms with Crippen LogP contribution in [-0.4, -0.2) is 50.1 Å². The van der Waals surface area contributed by atoms with Crippen LogP contribution in [0.3, 0.4) is 0 Å². The summed E-state index contributed by atoms with van der Waals surface area (Å²) in [5.41, 5.74) is 4.40. The summed E-state index contributed by atoms with van der Waals surface area (Å²) < 4.78 is 0. The molecule has 0 amide bonds. The largest absolute Gasteiger partial charge is 0.306 e. The van der Waals surface area contributed by atoms with E-state index in [-0.39, 0.29) is 0 Å². The Bertz CT molecular complexity index is 689. The molecule has 29 heavy (non-hydrogen) atoms. The number of rotatable bonds is 3. The molecule has 0 unspecified atom stereocenters. The molecule has 2 nitrogen and oxygen atoms in total. The van der Waals surface area contributed by atoms with Gasteiger partial charge in [0.05, 0.1) is 0 Å². The van der Waals surface area contributed by atoms with Gasteiger partial charge in [0.15, 0.2) is 0 Å². The van der Waals surface area contributed by atoms with Gasteiger partial charge in [-0.1, -0.05) is 38.5 Å². The van der Waals surface area contributed by atoms with Crippen LogP contribution in [0.25, 0.3) is 0 Å². The van der Waals surface area contributed by atoms with Crippen LogP contribution < -0.4 is 0 Å². The summed E-state index contributed by atoms with van der Waals surface area (Å²) in [5, 5.41) is 0. The number of allylic oxidation sites excluding steroid dienone is 4. The van der Waals surface area contributed by atoms with Crippen LogP contribution in [0.15, 0.2) is 23.3 Å². The summed E-state index contributed by atoms with van der Waals surface area (Å²) in [6.07, 6.45) is 14.9. The molecule has 0 radical (unpaired) electrons. The van der Waals surface area contributed by atoms with Crippen molar-refractivity contribution in [3.05, 3.63) is 23.3 Å². The monoisotopic (exact) mass is 398 g/mol. The van der Waals surface area contributed by atoms with Crippen molar-refractivity contribution in [3.8, 4) is 0 Å². The summed E-state index contributed by atoms with van der Waals surface area (Å²) in [7, 11) is 9.12. The van der Waals surface area contributed by atoms with Gasteiger partial charge < -0.3 is 9.80 Å². The molecule has 4 aliphatic rings. The average Bonchev–Trinajstić information content (AvgIpc) is 2.81. The summed E-state index contributed by atoms with van der Waals surface area (Å²) in [4.78, 5) is 4.95. The Morgan fingerprint density at radius 1 is 1.00 bits per heavy atom. The van der Waals surface area contributed by atoms with E-state index >= 15 is 0 Å². The number of fused-ring (bicyclic) bond motifs is 4. The van der Waals surface area contributed by atoms with Gasteiger partial charge in [-0.2, -0.15) is 0 Å². The Kier molecular flexibility index (Phi) is 5.61. The van der Waals surface area contributed by atoms with Crippen LogP contribution in [0, 0.1) is 34.5 Å². The number of nitrogens with zero attached hydrogens (tertiary/aromatic N) is 2. The van der Waals surface area contributed by atoms with Crippen molar-refractivity contribution in [3.63, 3.8) is 0 Å². The zero-order valence-corrected chi connectivity index (χ0v) is 20.5. The first kappa shape index (κ1) is 21.6. The van der Waals surface area contributed by atoms with E-state index in [1.54, 1.807) is 11.1 Å². The van der Waals surface area contributed by atoms with E-state index < -0.39 is 0 Å². The first-order valence-corrected chi connectivity index (χ1v) is 12.3. The third-order valence-electron chi connectivity index (χ3n) is 10.7. The van der Waals surface area contributed by atoms with Gasteiger partial charge in [0.2, 0.25) is 0 Å². The highest BCUT2D eigenvalue weighted by Crippen LogP contribution is 2.67. The van der Waals surface area contributed by atoms with Crippen LogP contribution >= 0.6 is 0 Å². The molecule has 2 saturated carbocycles. The molecule has 0 N–H and O–H groups in total. The predicted molar refractivity (Wildman–Crippen MR) is 125 cm³/mol. The Hall–Kier alpha value is -0.600. The van der Waals surface area contributed by atoms with Gasteiger partial charge in [-0.05, 0) is 120 Å². The van der Waals surface area contributed by atoms with E-state index in [0.29, 0.717) is 16.9 Å². The van der Waals surface area contributed by atoms with Gasteiger partial charge in [0, 0.05) is 12.1 Å². The molecule has 2 fully saturated rings. The minimum atomic E-state index is 0.441. The minimum absolute atomic E-state index is 0.441. The number of hydrogen-bond acceptors (Lipinski definition) is 2. The predicted octanol–water partition coefficient (Wildman–Crippen LogP) is 6.00. The highest BCUT2D eigenvalue weighted by molar-refractivity contribution is 5.36. The van der Waals surface area contributed by atoms with Crippen molar-refractivity contribution in [1.82, 2.24) is 9.80 Å². The Morgan fingerprint density at radius 3 is 2.38 bits per heavy atom. The smallest absolute Gasteiger partial charge is 0.0124 e. The fraction of sp³-hybridized carbons (Fsp3) is 0.852. The topological polar surface area (TPSA) is 6.48 Å². The summed E-state index contributed by atoms with van der Waals surface area (Å²) in [5.74, 6) is 3.17. The molecule has 0 bridgehead atoms. The van der Waals surface area contributed by atoms with Gasteiger partial charge in [0.25, 0.3) is 0 Å². The van der Waals surface area contributed by atoms with Crippen LogP contribution in [0.4, 0.5) is 0 Å². The lowest BCUT2D eigenvalue weighted by Crippen LogP contribution is -2.49. The molecule has 2 heteroatoms. The quantitative estimate of drug-likeness (QED) is 0.575. The molecule has 164 valence electrons. The first-order valence-electron chi connectivity index (χ1n) is 12.3. The first-order chi connectivity index (χ1) is 13.6. The van der Waals surface area contributed by atoms with E-state index in [4.69, 9.17) is 0 Å². The third-order valence-corrected chi connectivity index (χ3v) is 10.7. The van der Waals surface area contributed by atoms with Gasteiger partial charge in [-0.25, -0.2) is 0 Å². The molecule has 8 atom stereocenters. The van der Waals surface area contributed by atoms with Crippen molar-refractivity contribution < 1.29 is 0 Å². The van der Waals surface area contributed by atoms with Gasteiger partial charge >= 0.3 is 0 Å². The maximum absolute atomic E-state index is 2.71. The Balaban J connectivity index is 1.64. The van der Waals surface area contributed by atoms with Crippen LogP contribution in [0.2, 0.25) is 0 Å². The van der Waals surface area contributed by atoms with E-state index in [1.165, 1.54) is 44.9 Å². The van der Waals surface area contributed by atoms with E-state index in [0.717, 1.165) is 29.7 Å². The molecule has 0 heterocycles. The normalized spacial score (nSPS) is 45.8. The fourth-order valence-electron chi connectivity index (χ4n) is 8.34. The summed E-state index contributed by atoms with van der Waals surface area (Å²) in [6, 6.07) is 1.42. The SMILES string of the molecule is C[C@@H]1[C@H]2CC[C@@H]3C(=CC[C@]4(C)[C@@H]([C@H](C)N(C)C)CC[C@@]34C)C=C2CC[C@@H]1N(C)C. The maximum atomic E-state index is 2.71. The standard InChI is InChI=1S/C27H46N2/c1-18-22-10-11-24-21(17-20(22)9-12-25(18)29(7)8)13-15-26(3)23(19(2)28(5)6)14-16-27(24,26)4/h13,17-19,22-25H,9-12,14-16H2,1-8H3/t18-,19+,22-,23-,24-,25+,26-,27+/m1/s1. The second-order valence-electron chi connectivity index (χ2n) is 12.0. The molecule has 0 aliphatic heterocycles. The van der Waals surface area contributed by atoms with Gasteiger partial charge in [0.1, 0.15) is 0 Å². The molecule has 0 saturated heterocycles. The molecule has 0 aromatic rings. The van der Waals surface area contributed by atoms with E-state index in [9.17, 15) is 0 Å². The highest BCUT2D eigenvalue weighted by Gasteiger charge is 2.60. The van der Waals surface area contributed by atoms with E-state index in [2.05, 4.69) is 77.8 Å². The molecule has 0 aromatic heterocycles. The lowest BCUT2D eigenvalue weighted by molar-refractivity contribution is -0.0106. The maximum Gasteiger partial charge on any atom is 0.0124 e. The fourth-order valence-corrected chi connectivity index (χ4v) is 8.34. The van der Waals surface area contributed by atoms with E-state index in [1.807, 2.05) is 0 Å². The zero-order chi connectivity index (χ0) is 21.1. The Labute approximate surface area is 180 Å². The van der Waals surface area contributed by atoms with Crippen LogP contribution in [0.5, 0.6) is 0 Å². The van der Waals surface area contributed by atoms with Crippen LogP contribution in [-0.2, 0) is 0 Å². The lowest BCUT2D eigenvalue weighted by atomic mass is 9.51. The highest BCUT2D eigenvalue weighted by atomic mass is 15.1. The molecular formula is C27H46N2. The van der Waals surface area contributed by atoms with Crippen molar-refractivity contribution in [2.75, 3.05) is 28.2 Å². The second-order valence-corrected chi connectivity index (χ2v) is 12.0. The Morgan fingerprint density at radius 2 is 1.72 bits per heavy atom. The second kappa shape index (κ2) is 7.52.